The fourth-order valence-corrected chi connectivity index (χ4v) is 4.75. The molecule has 2 aromatic rings. The molecule has 0 N–H and O–H groups in total. The quantitative estimate of drug-likeness (QED) is 0.618. The average Bonchev–Trinajstić information content (AvgIpc) is 3.25. The molecule has 0 saturated carbocycles. The van der Waals surface area contributed by atoms with Crippen molar-refractivity contribution in [2.45, 2.75) is 39.7 Å². The number of carbonyl (C=O) groups is 1. The summed E-state index contributed by atoms with van der Waals surface area (Å²) in [6.45, 7) is 7.20. The molecular weight excluding hydrogens is 406 g/mol. The van der Waals surface area contributed by atoms with Gasteiger partial charge in [-0.1, -0.05) is 6.08 Å². The highest BCUT2D eigenvalue weighted by Gasteiger charge is 2.34. The molecule has 0 aromatic heterocycles. The third-order valence-electron chi connectivity index (χ3n) is 6.71. The van der Waals surface area contributed by atoms with Crippen molar-refractivity contribution in [3.8, 4) is 23.0 Å². The maximum absolute atomic E-state index is 13.1. The monoisotopic (exact) mass is 437 g/mol. The molecule has 2 aliphatic heterocycles. The van der Waals surface area contributed by atoms with E-state index in [4.69, 9.17) is 18.9 Å². The number of rotatable bonds is 6. The predicted molar refractivity (Wildman–Crippen MR) is 124 cm³/mol. The molecule has 2 aromatic carbocycles. The fraction of sp³-hybridized carbons (Fsp3) is 0.423. The summed E-state index contributed by atoms with van der Waals surface area (Å²) in [5.74, 6) is 2.97. The van der Waals surface area contributed by atoms with Crippen LogP contribution in [0.3, 0.4) is 0 Å². The third-order valence-corrected chi connectivity index (χ3v) is 6.71. The molecule has 6 nitrogen and oxygen atoms in total. The van der Waals surface area contributed by atoms with Crippen LogP contribution < -0.4 is 18.9 Å². The van der Waals surface area contributed by atoms with Gasteiger partial charge in [0.25, 0.3) is 0 Å². The van der Waals surface area contributed by atoms with Crippen LogP contribution in [0.2, 0.25) is 0 Å². The Labute approximate surface area is 189 Å². The molecule has 0 spiro atoms. The number of carbonyl (C=O) groups excluding carboxylic acids is 1. The summed E-state index contributed by atoms with van der Waals surface area (Å²) in [6, 6.07) is 3.97. The number of nitrogens with zero attached hydrogens (tertiary/aromatic N) is 1. The second kappa shape index (κ2) is 8.87. The van der Waals surface area contributed by atoms with Gasteiger partial charge in [-0.3, -0.25) is 9.69 Å². The van der Waals surface area contributed by atoms with E-state index < -0.39 is 0 Å². The molecule has 0 aliphatic carbocycles. The highest BCUT2D eigenvalue weighted by atomic mass is 16.7. The Morgan fingerprint density at radius 1 is 1.16 bits per heavy atom. The van der Waals surface area contributed by atoms with Crippen LogP contribution in [-0.4, -0.2) is 45.3 Å². The molecule has 2 heterocycles. The molecule has 1 atom stereocenters. The van der Waals surface area contributed by atoms with Crippen molar-refractivity contribution in [1.29, 1.82) is 0 Å². The van der Waals surface area contributed by atoms with Crippen molar-refractivity contribution in [2.75, 3.05) is 34.6 Å². The molecule has 0 radical (unpaired) electrons. The molecular formula is C26H31NO5. The van der Waals surface area contributed by atoms with E-state index in [-0.39, 0.29) is 18.6 Å². The summed E-state index contributed by atoms with van der Waals surface area (Å²) >= 11 is 0. The van der Waals surface area contributed by atoms with E-state index in [1.807, 2.05) is 32.1 Å². The number of methoxy groups -OCH3 is 2. The summed E-state index contributed by atoms with van der Waals surface area (Å²) in [6.07, 6.45) is 4.87. The number of hydrogen-bond acceptors (Lipinski definition) is 6. The summed E-state index contributed by atoms with van der Waals surface area (Å²) in [7, 11) is 5.37. The standard InChI is InChI=1S/C26H31NO5/c1-15-11-22(29-5)17(3)16(2)20(15)8-7-19(28)13-21-24-18(9-10-27(21)4)12-23-25(26(24)30-6)32-14-31-23/h7-8,11-12,21H,9-10,13-14H2,1-6H3/b8-7+. The first-order chi connectivity index (χ1) is 15.3. The van der Waals surface area contributed by atoms with Gasteiger partial charge in [0.2, 0.25) is 12.5 Å². The first kappa shape index (κ1) is 22.2. The average molecular weight is 438 g/mol. The number of allylic oxidation sites excluding steroid dienone is 1. The van der Waals surface area contributed by atoms with Crippen molar-refractivity contribution in [1.82, 2.24) is 4.90 Å². The number of aryl methyl sites for hydroxylation is 1. The first-order valence-electron chi connectivity index (χ1n) is 10.9. The van der Waals surface area contributed by atoms with Crippen molar-refractivity contribution in [3.05, 3.63) is 51.6 Å². The highest BCUT2D eigenvalue weighted by Crippen LogP contribution is 2.50. The molecule has 4 rings (SSSR count). The Morgan fingerprint density at radius 3 is 2.66 bits per heavy atom. The van der Waals surface area contributed by atoms with Crippen molar-refractivity contribution >= 4 is 11.9 Å². The minimum absolute atomic E-state index is 0.0710. The van der Waals surface area contributed by atoms with Gasteiger partial charge < -0.3 is 18.9 Å². The molecule has 1 unspecified atom stereocenters. The van der Waals surface area contributed by atoms with Crippen molar-refractivity contribution < 1.29 is 23.7 Å². The van der Waals surface area contributed by atoms with Crippen LogP contribution in [0, 0.1) is 20.8 Å². The minimum Gasteiger partial charge on any atom is -0.496 e. The van der Waals surface area contributed by atoms with E-state index in [0.717, 1.165) is 57.8 Å². The molecule has 0 bridgehead atoms. The van der Waals surface area contributed by atoms with Crippen molar-refractivity contribution in [3.63, 3.8) is 0 Å². The highest BCUT2D eigenvalue weighted by molar-refractivity contribution is 5.94. The van der Waals surface area contributed by atoms with Crippen LogP contribution in [0.1, 0.15) is 45.8 Å². The van der Waals surface area contributed by atoms with Gasteiger partial charge in [0.1, 0.15) is 5.75 Å². The van der Waals surface area contributed by atoms with Crippen LogP contribution in [0.15, 0.2) is 18.2 Å². The van der Waals surface area contributed by atoms with Gasteiger partial charge >= 0.3 is 0 Å². The molecule has 170 valence electrons. The van der Waals surface area contributed by atoms with Gasteiger partial charge in [-0.15, -0.1) is 0 Å². The van der Waals surface area contributed by atoms with Crippen LogP contribution in [0.25, 0.3) is 6.08 Å². The maximum Gasteiger partial charge on any atom is 0.231 e. The van der Waals surface area contributed by atoms with E-state index in [9.17, 15) is 4.79 Å². The zero-order valence-corrected chi connectivity index (χ0v) is 19.7. The molecule has 0 saturated heterocycles. The van der Waals surface area contributed by atoms with Crippen LogP contribution in [0.4, 0.5) is 0 Å². The van der Waals surface area contributed by atoms with Gasteiger partial charge in [0.05, 0.1) is 14.2 Å². The smallest absolute Gasteiger partial charge is 0.231 e. The molecule has 2 aliphatic rings. The lowest BCUT2D eigenvalue weighted by molar-refractivity contribution is -0.115. The summed E-state index contributed by atoms with van der Waals surface area (Å²) in [4.78, 5) is 15.3. The van der Waals surface area contributed by atoms with E-state index >= 15 is 0 Å². The minimum atomic E-state index is -0.0832. The fourth-order valence-electron chi connectivity index (χ4n) is 4.75. The summed E-state index contributed by atoms with van der Waals surface area (Å²) in [5.41, 5.74) is 6.55. The van der Waals surface area contributed by atoms with Gasteiger partial charge in [-0.2, -0.15) is 0 Å². The lowest BCUT2D eigenvalue weighted by Gasteiger charge is -2.35. The lowest BCUT2D eigenvalue weighted by Crippen LogP contribution is -2.33. The second-order valence-corrected chi connectivity index (χ2v) is 8.53. The SMILES string of the molecule is COc1cc(C)c(/C=C/C(=O)CC2c3c(cc4c(c3OC)OCO4)CCN2C)c(C)c1C. The Balaban J connectivity index is 1.62. The van der Waals surface area contributed by atoms with E-state index in [2.05, 4.69) is 18.9 Å². The van der Waals surface area contributed by atoms with Crippen LogP contribution in [0.5, 0.6) is 23.0 Å². The Kier molecular flexibility index (Phi) is 6.15. The Bertz CT molecular complexity index is 1090. The normalized spacial score (nSPS) is 17.5. The van der Waals surface area contributed by atoms with Gasteiger partial charge in [0.15, 0.2) is 17.3 Å². The molecule has 32 heavy (non-hydrogen) atoms. The zero-order chi connectivity index (χ0) is 23.0. The molecule has 6 heteroatoms. The van der Waals surface area contributed by atoms with E-state index in [0.29, 0.717) is 17.9 Å². The largest absolute Gasteiger partial charge is 0.496 e. The summed E-state index contributed by atoms with van der Waals surface area (Å²) in [5, 5.41) is 0. The first-order valence-corrected chi connectivity index (χ1v) is 10.9. The predicted octanol–water partition coefficient (Wildman–Crippen LogP) is 4.56. The molecule has 0 amide bonds. The van der Waals surface area contributed by atoms with E-state index in [1.54, 1.807) is 20.3 Å². The number of fused-ring (bicyclic) bond motifs is 2. The molecule has 0 fully saturated rings. The number of ketones is 1. The second-order valence-electron chi connectivity index (χ2n) is 8.53. The van der Waals surface area contributed by atoms with Gasteiger partial charge in [-0.25, -0.2) is 0 Å². The Morgan fingerprint density at radius 2 is 1.94 bits per heavy atom. The lowest BCUT2D eigenvalue weighted by atomic mass is 9.88. The zero-order valence-electron chi connectivity index (χ0n) is 19.7. The van der Waals surface area contributed by atoms with E-state index in [1.165, 1.54) is 0 Å². The summed E-state index contributed by atoms with van der Waals surface area (Å²) < 4.78 is 22.4. The van der Waals surface area contributed by atoms with Crippen LogP contribution >= 0.6 is 0 Å². The third kappa shape index (κ3) is 3.84. The Hall–Kier alpha value is -2.99. The topological polar surface area (TPSA) is 57.2 Å². The van der Waals surface area contributed by atoms with Crippen molar-refractivity contribution in [2.24, 2.45) is 0 Å². The number of benzene rings is 2. The number of hydrogen-bond donors (Lipinski definition) is 0. The van der Waals surface area contributed by atoms with Gasteiger partial charge in [0, 0.05) is 24.6 Å². The number of ether oxygens (including phenoxy) is 4. The van der Waals surface area contributed by atoms with Crippen LogP contribution in [-0.2, 0) is 11.2 Å². The maximum atomic E-state index is 13.1. The number of likely N-dealkylation sites (N-methyl/N-ethyl adjacent to an activating group) is 1. The van der Waals surface area contributed by atoms with Gasteiger partial charge in [-0.05, 0) is 80.3 Å².